The van der Waals surface area contributed by atoms with Crippen LogP contribution in [0.5, 0.6) is 0 Å². The van der Waals surface area contributed by atoms with Crippen molar-refractivity contribution in [3.63, 3.8) is 0 Å². The molecule has 0 spiro atoms. The lowest BCUT2D eigenvalue weighted by atomic mass is 9.85. The van der Waals surface area contributed by atoms with Gasteiger partial charge in [-0.2, -0.15) is 0 Å². The molecule has 1 unspecified atom stereocenters. The van der Waals surface area contributed by atoms with Gasteiger partial charge in [0, 0.05) is 11.8 Å². The van der Waals surface area contributed by atoms with Gasteiger partial charge in [0.05, 0.1) is 5.60 Å². The molecule has 4 nitrogen and oxygen atoms in total. The number of hydrogen-bond donors (Lipinski definition) is 3. The molecule has 1 atom stereocenters. The summed E-state index contributed by atoms with van der Waals surface area (Å²) < 4.78 is 0. The van der Waals surface area contributed by atoms with Crippen molar-refractivity contribution in [2.45, 2.75) is 45.3 Å². The summed E-state index contributed by atoms with van der Waals surface area (Å²) >= 11 is 0. The summed E-state index contributed by atoms with van der Waals surface area (Å²) in [5, 5.41) is 20.5. The molecule has 16 heavy (non-hydrogen) atoms. The fourth-order valence-electron chi connectivity index (χ4n) is 1.85. The first kappa shape index (κ1) is 12.9. The number of aliphatic hydroxyl groups excluding tert-OH is 1. The summed E-state index contributed by atoms with van der Waals surface area (Å²) in [5.74, 6) is 0.285. The number of anilines is 1. The Labute approximate surface area is 96.1 Å². The number of nitrogen functional groups attached to an aromatic ring is 1. The fourth-order valence-corrected chi connectivity index (χ4v) is 1.85. The van der Waals surface area contributed by atoms with Gasteiger partial charge in [0.25, 0.3) is 0 Å². The number of aromatic nitrogens is 1. The molecule has 0 aliphatic carbocycles. The Morgan fingerprint density at radius 1 is 1.44 bits per heavy atom. The Bertz CT molecular complexity index is 342. The van der Waals surface area contributed by atoms with Crippen molar-refractivity contribution in [3.8, 4) is 0 Å². The van der Waals surface area contributed by atoms with E-state index in [0.717, 1.165) is 5.56 Å². The molecule has 1 aromatic rings. The zero-order valence-corrected chi connectivity index (χ0v) is 10.1. The van der Waals surface area contributed by atoms with Crippen molar-refractivity contribution in [1.29, 1.82) is 0 Å². The minimum absolute atomic E-state index is 0.285. The molecule has 4 N–H and O–H groups in total. The molecule has 4 heteroatoms. The van der Waals surface area contributed by atoms with Gasteiger partial charge in [-0.15, -0.1) is 0 Å². The van der Waals surface area contributed by atoms with Crippen LogP contribution in [0.4, 0.5) is 5.82 Å². The van der Waals surface area contributed by atoms with E-state index in [4.69, 9.17) is 5.73 Å². The van der Waals surface area contributed by atoms with E-state index in [1.54, 1.807) is 12.3 Å². The third-order valence-electron chi connectivity index (χ3n) is 3.25. The average Bonchev–Trinajstić information content (AvgIpc) is 2.27. The van der Waals surface area contributed by atoms with Crippen molar-refractivity contribution in [2.75, 3.05) is 5.73 Å². The van der Waals surface area contributed by atoms with E-state index in [1.165, 1.54) is 0 Å². The van der Waals surface area contributed by atoms with Crippen molar-refractivity contribution in [2.24, 2.45) is 0 Å². The van der Waals surface area contributed by atoms with Crippen LogP contribution in [0.25, 0.3) is 0 Å². The van der Waals surface area contributed by atoms with Crippen LogP contribution in [-0.4, -0.2) is 20.8 Å². The van der Waals surface area contributed by atoms with Crippen molar-refractivity contribution in [3.05, 3.63) is 23.4 Å². The number of pyridine rings is 1. The molecule has 1 aromatic heterocycles. The number of rotatable bonds is 4. The minimum Gasteiger partial charge on any atom is -0.387 e. The standard InChI is InChI=1S/C12H20N2O2/c1-4-12(16,5-2)10(15)9-8(3)6-7-14-11(9)13/h6-7,10,15-16H,4-5H2,1-3H3,(H2,13,14). The van der Waals surface area contributed by atoms with Gasteiger partial charge in [-0.3, -0.25) is 0 Å². The smallest absolute Gasteiger partial charge is 0.129 e. The highest BCUT2D eigenvalue weighted by Crippen LogP contribution is 2.35. The highest BCUT2D eigenvalue weighted by atomic mass is 16.3. The lowest BCUT2D eigenvalue weighted by Crippen LogP contribution is -2.35. The molecule has 0 fully saturated rings. The fraction of sp³-hybridized carbons (Fsp3) is 0.583. The van der Waals surface area contributed by atoms with Gasteiger partial charge < -0.3 is 15.9 Å². The van der Waals surface area contributed by atoms with Gasteiger partial charge in [-0.25, -0.2) is 4.98 Å². The zero-order chi connectivity index (χ0) is 12.3. The molecule has 0 aromatic carbocycles. The summed E-state index contributed by atoms with van der Waals surface area (Å²) in [6.45, 7) is 5.53. The van der Waals surface area contributed by atoms with E-state index < -0.39 is 11.7 Å². The highest BCUT2D eigenvalue weighted by Gasteiger charge is 2.35. The summed E-state index contributed by atoms with van der Waals surface area (Å²) in [5.41, 5.74) is 5.99. The first-order chi connectivity index (χ1) is 7.46. The van der Waals surface area contributed by atoms with Crippen LogP contribution < -0.4 is 5.73 Å². The van der Waals surface area contributed by atoms with Gasteiger partial charge in [0.2, 0.25) is 0 Å². The molecule has 0 saturated carbocycles. The van der Waals surface area contributed by atoms with Crippen LogP contribution in [0.2, 0.25) is 0 Å². The van der Waals surface area contributed by atoms with Crippen LogP contribution in [0, 0.1) is 6.92 Å². The molecule has 0 amide bonds. The second-order valence-electron chi connectivity index (χ2n) is 4.14. The molecule has 0 saturated heterocycles. The lowest BCUT2D eigenvalue weighted by molar-refractivity contribution is -0.0821. The van der Waals surface area contributed by atoms with Gasteiger partial charge in [0.15, 0.2) is 0 Å². The Balaban J connectivity index is 3.18. The van der Waals surface area contributed by atoms with Gasteiger partial charge in [-0.05, 0) is 31.4 Å². The molecule has 1 heterocycles. The van der Waals surface area contributed by atoms with E-state index in [1.807, 2.05) is 20.8 Å². The molecule has 0 bridgehead atoms. The SMILES string of the molecule is CCC(O)(CC)C(O)c1c(C)ccnc1N. The predicted octanol–water partition coefficient (Wildman–Crippen LogP) is 1.56. The molecular formula is C12H20N2O2. The Morgan fingerprint density at radius 3 is 2.44 bits per heavy atom. The molecule has 0 radical (unpaired) electrons. The highest BCUT2D eigenvalue weighted by molar-refractivity contribution is 5.46. The summed E-state index contributed by atoms with van der Waals surface area (Å²) in [6, 6.07) is 1.78. The van der Waals surface area contributed by atoms with E-state index >= 15 is 0 Å². The van der Waals surface area contributed by atoms with Crippen molar-refractivity contribution in [1.82, 2.24) is 4.98 Å². The number of aryl methyl sites for hydroxylation is 1. The zero-order valence-electron chi connectivity index (χ0n) is 10.1. The van der Waals surface area contributed by atoms with Crippen LogP contribution in [0.15, 0.2) is 12.3 Å². The first-order valence-electron chi connectivity index (χ1n) is 5.57. The Morgan fingerprint density at radius 2 is 2.00 bits per heavy atom. The van der Waals surface area contributed by atoms with Gasteiger partial charge >= 0.3 is 0 Å². The normalized spacial score (nSPS) is 13.8. The maximum atomic E-state index is 10.3. The average molecular weight is 224 g/mol. The Hall–Kier alpha value is -1.13. The number of nitrogens with two attached hydrogens (primary N) is 1. The van der Waals surface area contributed by atoms with E-state index in [-0.39, 0.29) is 5.82 Å². The minimum atomic E-state index is -1.14. The number of nitrogens with zero attached hydrogens (tertiary/aromatic N) is 1. The molecule has 90 valence electrons. The number of hydrogen-bond acceptors (Lipinski definition) is 4. The quantitative estimate of drug-likeness (QED) is 0.725. The van der Waals surface area contributed by atoms with E-state index in [2.05, 4.69) is 4.98 Å². The monoisotopic (exact) mass is 224 g/mol. The number of aliphatic hydroxyl groups is 2. The third kappa shape index (κ3) is 2.18. The Kier molecular flexibility index (Phi) is 3.88. The van der Waals surface area contributed by atoms with E-state index in [0.29, 0.717) is 18.4 Å². The van der Waals surface area contributed by atoms with Gasteiger partial charge in [0.1, 0.15) is 11.9 Å². The summed E-state index contributed by atoms with van der Waals surface area (Å²) in [4.78, 5) is 3.95. The molecule has 0 aliphatic rings. The maximum Gasteiger partial charge on any atom is 0.129 e. The molecule has 1 rings (SSSR count). The van der Waals surface area contributed by atoms with Crippen LogP contribution in [0.1, 0.15) is 43.9 Å². The summed E-state index contributed by atoms with van der Waals surface area (Å²) in [6.07, 6.45) is 1.55. The topological polar surface area (TPSA) is 79.4 Å². The van der Waals surface area contributed by atoms with Crippen LogP contribution in [0.3, 0.4) is 0 Å². The maximum absolute atomic E-state index is 10.3. The second kappa shape index (κ2) is 4.80. The lowest BCUT2D eigenvalue weighted by Gasteiger charge is -2.32. The molecule has 0 aliphatic heterocycles. The van der Waals surface area contributed by atoms with Crippen LogP contribution >= 0.6 is 0 Å². The molecular weight excluding hydrogens is 204 g/mol. The largest absolute Gasteiger partial charge is 0.387 e. The summed E-state index contributed by atoms with van der Waals surface area (Å²) in [7, 11) is 0. The van der Waals surface area contributed by atoms with Gasteiger partial charge in [-0.1, -0.05) is 13.8 Å². The second-order valence-corrected chi connectivity index (χ2v) is 4.14. The van der Waals surface area contributed by atoms with Crippen molar-refractivity contribution < 1.29 is 10.2 Å². The van der Waals surface area contributed by atoms with E-state index in [9.17, 15) is 10.2 Å². The third-order valence-corrected chi connectivity index (χ3v) is 3.25. The first-order valence-corrected chi connectivity index (χ1v) is 5.57. The predicted molar refractivity (Wildman–Crippen MR) is 63.9 cm³/mol. The van der Waals surface area contributed by atoms with Crippen molar-refractivity contribution >= 4 is 5.82 Å². The van der Waals surface area contributed by atoms with Crippen LogP contribution in [-0.2, 0) is 0 Å².